The van der Waals surface area contributed by atoms with E-state index >= 15 is 0 Å². The van der Waals surface area contributed by atoms with Crippen molar-refractivity contribution < 1.29 is 8.42 Å². The number of hydrogen-bond donors (Lipinski definition) is 2. The summed E-state index contributed by atoms with van der Waals surface area (Å²) in [5.74, 6) is 0.661. The maximum Gasteiger partial charge on any atom is 0.263 e. The fourth-order valence-corrected chi connectivity index (χ4v) is 2.73. The van der Waals surface area contributed by atoms with Crippen molar-refractivity contribution in [3.05, 3.63) is 42.4 Å². The first-order valence-electron chi connectivity index (χ1n) is 6.66. The van der Waals surface area contributed by atoms with Crippen LogP contribution >= 0.6 is 0 Å². The first-order chi connectivity index (χ1) is 10.0. The molecule has 0 aromatic carbocycles. The van der Waals surface area contributed by atoms with Gasteiger partial charge < -0.3 is 5.32 Å². The van der Waals surface area contributed by atoms with Crippen molar-refractivity contribution in [1.29, 1.82) is 0 Å². The van der Waals surface area contributed by atoms with E-state index in [0.29, 0.717) is 11.5 Å². The van der Waals surface area contributed by atoms with Crippen LogP contribution < -0.4 is 10.0 Å². The number of rotatable bonds is 6. The van der Waals surface area contributed by atoms with Crippen LogP contribution in [0.15, 0.2) is 41.7 Å². The van der Waals surface area contributed by atoms with Gasteiger partial charge in [-0.3, -0.25) is 9.71 Å². The second-order valence-corrected chi connectivity index (χ2v) is 6.28. The summed E-state index contributed by atoms with van der Waals surface area (Å²) in [6.45, 7) is 4.66. The first kappa shape index (κ1) is 15.2. The molecule has 21 heavy (non-hydrogen) atoms. The van der Waals surface area contributed by atoms with Crippen molar-refractivity contribution >= 4 is 21.5 Å². The summed E-state index contributed by atoms with van der Waals surface area (Å²) in [6, 6.07) is 4.92. The third kappa shape index (κ3) is 3.91. The summed E-state index contributed by atoms with van der Waals surface area (Å²) >= 11 is 0. The SMILES string of the molecule is CCCNc1ccc(S(=O)(=O)Nc2cnccc2C)cn1. The van der Waals surface area contributed by atoms with Crippen molar-refractivity contribution in [2.45, 2.75) is 25.2 Å². The van der Waals surface area contributed by atoms with Crippen molar-refractivity contribution in [2.75, 3.05) is 16.6 Å². The Hall–Kier alpha value is -2.15. The number of nitrogens with zero attached hydrogens (tertiary/aromatic N) is 2. The maximum absolute atomic E-state index is 12.3. The zero-order valence-corrected chi connectivity index (χ0v) is 12.8. The Labute approximate surface area is 124 Å². The molecule has 0 fully saturated rings. The van der Waals surface area contributed by atoms with Crippen LogP contribution in [-0.2, 0) is 10.0 Å². The van der Waals surface area contributed by atoms with E-state index in [0.717, 1.165) is 18.5 Å². The van der Waals surface area contributed by atoms with Crippen LogP contribution in [0.4, 0.5) is 11.5 Å². The number of hydrogen-bond acceptors (Lipinski definition) is 5. The van der Waals surface area contributed by atoms with Gasteiger partial charge in [0.1, 0.15) is 10.7 Å². The van der Waals surface area contributed by atoms with Crippen LogP contribution in [0.1, 0.15) is 18.9 Å². The molecule has 2 N–H and O–H groups in total. The average Bonchev–Trinajstić information content (AvgIpc) is 2.48. The normalized spacial score (nSPS) is 11.1. The molecular weight excluding hydrogens is 288 g/mol. The molecule has 0 radical (unpaired) electrons. The van der Waals surface area contributed by atoms with Crippen molar-refractivity contribution in [1.82, 2.24) is 9.97 Å². The molecule has 0 aliphatic heterocycles. The Morgan fingerprint density at radius 1 is 1.19 bits per heavy atom. The molecule has 7 heteroatoms. The van der Waals surface area contributed by atoms with E-state index in [-0.39, 0.29) is 4.90 Å². The van der Waals surface area contributed by atoms with Gasteiger partial charge in [-0.15, -0.1) is 0 Å². The van der Waals surface area contributed by atoms with Gasteiger partial charge in [-0.25, -0.2) is 13.4 Å². The highest BCUT2D eigenvalue weighted by molar-refractivity contribution is 7.92. The highest BCUT2D eigenvalue weighted by atomic mass is 32.2. The zero-order valence-electron chi connectivity index (χ0n) is 12.0. The van der Waals surface area contributed by atoms with Crippen LogP contribution in [0.3, 0.4) is 0 Å². The third-order valence-electron chi connectivity index (χ3n) is 2.89. The Bertz CT molecular complexity index is 699. The summed E-state index contributed by atoms with van der Waals surface area (Å²) in [5.41, 5.74) is 1.27. The maximum atomic E-state index is 12.3. The summed E-state index contributed by atoms with van der Waals surface area (Å²) < 4.78 is 27.1. The fourth-order valence-electron chi connectivity index (χ4n) is 1.67. The molecular formula is C14H18N4O2S. The third-order valence-corrected chi connectivity index (χ3v) is 4.24. The monoisotopic (exact) mass is 306 g/mol. The minimum absolute atomic E-state index is 0.118. The Kier molecular flexibility index (Phi) is 4.74. The summed E-state index contributed by atoms with van der Waals surface area (Å²) in [4.78, 5) is 8.14. The van der Waals surface area contributed by atoms with E-state index < -0.39 is 10.0 Å². The molecule has 2 rings (SSSR count). The van der Waals surface area contributed by atoms with Gasteiger partial charge in [0.25, 0.3) is 10.0 Å². The van der Waals surface area contributed by atoms with E-state index in [1.54, 1.807) is 18.3 Å². The second-order valence-electron chi connectivity index (χ2n) is 4.60. The van der Waals surface area contributed by atoms with Crippen LogP contribution in [0, 0.1) is 6.92 Å². The van der Waals surface area contributed by atoms with E-state index in [9.17, 15) is 8.42 Å². The average molecular weight is 306 g/mol. The molecule has 0 unspecified atom stereocenters. The van der Waals surface area contributed by atoms with Gasteiger partial charge in [0.05, 0.1) is 11.9 Å². The van der Waals surface area contributed by atoms with Crippen molar-refractivity contribution in [3.63, 3.8) is 0 Å². The van der Waals surface area contributed by atoms with Gasteiger partial charge >= 0.3 is 0 Å². The number of aryl methyl sites for hydroxylation is 1. The number of pyridine rings is 2. The van der Waals surface area contributed by atoms with Crippen LogP contribution in [0.5, 0.6) is 0 Å². The van der Waals surface area contributed by atoms with Crippen LogP contribution in [0.25, 0.3) is 0 Å². The summed E-state index contributed by atoms with van der Waals surface area (Å²) in [6.07, 6.45) is 5.41. The van der Waals surface area contributed by atoms with Gasteiger partial charge in [0, 0.05) is 18.9 Å². The smallest absolute Gasteiger partial charge is 0.263 e. The van der Waals surface area contributed by atoms with Gasteiger partial charge in [-0.05, 0) is 37.1 Å². The topological polar surface area (TPSA) is 84.0 Å². The van der Waals surface area contributed by atoms with E-state index in [1.165, 1.54) is 18.5 Å². The Balaban J connectivity index is 2.18. The number of anilines is 2. The molecule has 0 saturated heterocycles. The molecule has 2 aromatic rings. The first-order valence-corrected chi connectivity index (χ1v) is 8.14. The van der Waals surface area contributed by atoms with Gasteiger partial charge in [0.15, 0.2) is 0 Å². The second kappa shape index (κ2) is 6.53. The lowest BCUT2D eigenvalue weighted by atomic mass is 10.3. The van der Waals surface area contributed by atoms with E-state index in [1.807, 2.05) is 13.8 Å². The standard InChI is InChI=1S/C14H18N4O2S/c1-3-7-16-14-5-4-12(9-17-14)21(19,20)18-13-10-15-8-6-11(13)2/h4-6,8-10,18H,3,7H2,1-2H3,(H,16,17). The van der Waals surface area contributed by atoms with E-state index in [2.05, 4.69) is 20.0 Å². The lowest BCUT2D eigenvalue weighted by Crippen LogP contribution is -2.14. The van der Waals surface area contributed by atoms with Crippen molar-refractivity contribution in [3.8, 4) is 0 Å². The van der Waals surface area contributed by atoms with Gasteiger partial charge in [0.2, 0.25) is 0 Å². The predicted octanol–water partition coefficient (Wildman–Crippen LogP) is 2.41. The molecule has 112 valence electrons. The number of nitrogens with one attached hydrogen (secondary N) is 2. The molecule has 0 bridgehead atoms. The van der Waals surface area contributed by atoms with Crippen LogP contribution in [-0.4, -0.2) is 24.9 Å². The number of aromatic nitrogens is 2. The van der Waals surface area contributed by atoms with Gasteiger partial charge in [-0.2, -0.15) is 0 Å². The Morgan fingerprint density at radius 2 is 2.00 bits per heavy atom. The largest absolute Gasteiger partial charge is 0.370 e. The molecule has 2 heterocycles. The molecule has 0 spiro atoms. The highest BCUT2D eigenvalue weighted by Crippen LogP contribution is 2.18. The predicted molar refractivity (Wildman–Crippen MR) is 82.8 cm³/mol. The summed E-state index contributed by atoms with van der Waals surface area (Å²) in [7, 11) is -3.65. The zero-order chi connectivity index (χ0) is 15.3. The van der Waals surface area contributed by atoms with Crippen LogP contribution in [0.2, 0.25) is 0 Å². The molecule has 0 amide bonds. The number of sulfonamides is 1. The summed E-state index contributed by atoms with van der Waals surface area (Å²) in [5, 5.41) is 3.10. The highest BCUT2D eigenvalue weighted by Gasteiger charge is 2.15. The van der Waals surface area contributed by atoms with E-state index in [4.69, 9.17) is 0 Å². The molecule has 0 saturated carbocycles. The Morgan fingerprint density at radius 3 is 2.62 bits per heavy atom. The molecule has 0 aliphatic rings. The quantitative estimate of drug-likeness (QED) is 0.856. The van der Waals surface area contributed by atoms with Crippen molar-refractivity contribution in [2.24, 2.45) is 0 Å². The molecule has 2 aromatic heterocycles. The lowest BCUT2D eigenvalue weighted by Gasteiger charge is -2.10. The minimum atomic E-state index is -3.65. The molecule has 0 atom stereocenters. The molecule has 6 nitrogen and oxygen atoms in total. The lowest BCUT2D eigenvalue weighted by molar-refractivity contribution is 0.601. The van der Waals surface area contributed by atoms with Gasteiger partial charge in [-0.1, -0.05) is 6.92 Å². The molecule has 0 aliphatic carbocycles. The minimum Gasteiger partial charge on any atom is -0.370 e. The fraction of sp³-hybridized carbons (Fsp3) is 0.286.